The lowest BCUT2D eigenvalue weighted by Crippen LogP contribution is -2.29. The number of benzene rings is 6. The third-order valence-electron chi connectivity index (χ3n) is 10.8. The Morgan fingerprint density at radius 1 is 0.630 bits per heavy atom. The molecule has 0 saturated heterocycles. The SMILES string of the molecule is O=C(Cl)c1ccccc1.[C-]#[N+]c1ccc(N[C@@H](c2nnc(-c3ccc(C#N)cc3)o2)[C@H](C)O)c(C)c1Cl.[C-]#[N+]c1ccc(N[C@@H](c2nnc(-c3ccc(C#N)cc3)o2)[C@H](C)OC(=O)c2ccccc2)c(C)c1Cl. The zero-order valence-electron chi connectivity index (χ0n) is 39.2. The maximum atomic E-state index is 12.7. The fourth-order valence-electron chi connectivity index (χ4n) is 6.71. The van der Waals surface area contributed by atoms with Crippen LogP contribution < -0.4 is 10.6 Å². The first kappa shape index (κ1) is 53.5. The highest BCUT2D eigenvalue weighted by Crippen LogP contribution is 2.37. The maximum absolute atomic E-state index is 12.7. The highest BCUT2D eigenvalue weighted by Gasteiger charge is 2.30. The molecule has 8 aromatic rings. The molecule has 0 amide bonds. The number of hydrogen-bond donors (Lipinski definition) is 3. The molecular weight excluding hydrogens is 991 g/mol. The first-order chi connectivity index (χ1) is 35.1. The Kier molecular flexibility index (Phi) is 18.5. The monoisotopic (exact) mass is 1030 g/mol. The number of carbonyl (C=O) groups excluding carboxylic acids is 2. The molecule has 6 aromatic carbocycles. The van der Waals surface area contributed by atoms with E-state index in [2.05, 4.69) is 52.9 Å². The number of hydrogen-bond acceptors (Lipinski definition) is 14. The summed E-state index contributed by atoms with van der Waals surface area (Å²) in [5, 5.41) is 51.3. The summed E-state index contributed by atoms with van der Waals surface area (Å²) in [4.78, 5) is 29.9. The van der Waals surface area contributed by atoms with Crippen molar-refractivity contribution in [2.45, 2.75) is 52.0 Å². The summed E-state index contributed by atoms with van der Waals surface area (Å²) in [5.74, 6) is 0.428. The van der Waals surface area contributed by atoms with Crippen LogP contribution in [0.3, 0.4) is 0 Å². The molecule has 0 unspecified atom stereocenters. The molecule has 0 aliphatic heterocycles. The summed E-state index contributed by atoms with van der Waals surface area (Å²) in [6.07, 6.45) is -1.57. The van der Waals surface area contributed by atoms with Crippen molar-refractivity contribution < 1.29 is 28.3 Å². The molecule has 4 atom stereocenters. The Balaban J connectivity index is 0.000000207. The van der Waals surface area contributed by atoms with Crippen LogP contribution in [-0.4, -0.2) is 48.9 Å². The first-order valence-corrected chi connectivity index (χ1v) is 23.0. The molecular formula is C54H41Cl3N10O6. The van der Waals surface area contributed by atoms with E-state index in [1.165, 1.54) is 0 Å². The molecule has 2 heterocycles. The van der Waals surface area contributed by atoms with Gasteiger partial charge in [-0.15, -0.1) is 20.4 Å². The van der Waals surface area contributed by atoms with Gasteiger partial charge in [0, 0.05) is 28.1 Å². The molecule has 0 spiro atoms. The molecule has 0 radical (unpaired) electrons. The van der Waals surface area contributed by atoms with Crippen LogP contribution >= 0.6 is 34.8 Å². The number of esters is 1. The minimum absolute atomic E-state index is 0.187. The average Bonchev–Trinajstić information content (AvgIpc) is 4.12. The van der Waals surface area contributed by atoms with Crippen LogP contribution in [-0.2, 0) is 4.74 Å². The first-order valence-electron chi connectivity index (χ1n) is 21.9. The van der Waals surface area contributed by atoms with E-state index in [1.54, 1.807) is 149 Å². The van der Waals surface area contributed by atoms with Gasteiger partial charge < -0.3 is 29.3 Å². The zero-order chi connectivity index (χ0) is 52.6. The molecule has 0 fully saturated rings. The molecule has 73 heavy (non-hydrogen) atoms. The van der Waals surface area contributed by atoms with Crippen LogP contribution in [0.5, 0.6) is 0 Å². The summed E-state index contributed by atoms with van der Waals surface area (Å²) >= 11 is 17.8. The van der Waals surface area contributed by atoms with Crippen molar-refractivity contribution in [1.82, 2.24) is 20.4 Å². The van der Waals surface area contributed by atoms with Crippen LogP contribution in [0.1, 0.15) is 80.7 Å². The second-order valence-corrected chi connectivity index (χ2v) is 16.8. The Labute approximate surface area is 435 Å². The van der Waals surface area contributed by atoms with Gasteiger partial charge in [0.1, 0.15) is 18.2 Å². The quantitative estimate of drug-likeness (QED) is 0.0555. The van der Waals surface area contributed by atoms with E-state index in [0.29, 0.717) is 77.3 Å². The van der Waals surface area contributed by atoms with Crippen LogP contribution in [0.15, 0.2) is 142 Å². The number of aliphatic hydroxyl groups is 1. The van der Waals surface area contributed by atoms with Gasteiger partial charge in [-0.25, -0.2) is 14.5 Å². The predicted octanol–water partition coefficient (Wildman–Crippen LogP) is 13.2. The number of ether oxygens (including phenoxy) is 1. The molecule has 0 aliphatic carbocycles. The van der Waals surface area contributed by atoms with Crippen LogP contribution in [0.4, 0.5) is 22.7 Å². The fourth-order valence-corrected chi connectivity index (χ4v) is 7.25. The number of nitrogens with one attached hydrogen (secondary N) is 2. The second-order valence-electron chi connectivity index (χ2n) is 15.7. The Hall–Kier alpha value is -8.87. The largest absolute Gasteiger partial charge is 0.456 e. The molecule has 16 nitrogen and oxygen atoms in total. The molecule has 2 aromatic heterocycles. The van der Waals surface area contributed by atoms with Crippen molar-refractivity contribution in [3.8, 4) is 35.0 Å². The summed E-state index contributed by atoms with van der Waals surface area (Å²) in [5.41, 5.74) is 6.61. The fraction of sp³-hybridized carbons (Fsp3) is 0.148. The van der Waals surface area contributed by atoms with E-state index in [4.69, 9.17) is 72.0 Å². The van der Waals surface area contributed by atoms with Crippen LogP contribution in [0.2, 0.25) is 10.0 Å². The Bertz CT molecular complexity index is 3380. The standard InChI is InChI=1S/C27H20ClN5O3.C20H16ClN5O2.C7H5ClO/c1-16-21(13-14-22(30-3)23(16)28)31-24(17(2)35-27(34)20-7-5-4-6-8-20)26-33-32-25(36-26)19-11-9-18(15-29)10-12-19;1-11-15(8-9-16(23-3)17(11)21)24-18(12(2)27)20-26-25-19(28-20)14-6-4-13(10-22)5-7-14;8-7(9)6-4-2-1-3-5-6/h4-14,17,24,31H,1-2H3;4-9,12,18,24,27H,1-2H3;1-5H/t17-,24+;12-,18+;/m00./s1. The molecule has 364 valence electrons. The smallest absolute Gasteiger partial charge is 0.338 e. The highest BCUT2D eigenvalue weighted by atomic mass is 35.5. The number of rotatable bonds is 13. The molecule has 19 heteroatoms. The topological polar surface area (TPSA) is 222 Å². The van der Waals surface area contributed by atoms with Gasteiger partial charge in [-0.2, -0.15) is 10.5 Å². The van der Waals surface area contributed by atoms with Gasteiger partial charge in [-0.05, 0) is 123 Å². The molecule has 8 rings (SSSR count). The molecule has 0 aliphatic rings. The minimum atomic E-state index is -0.840. The van der Waals surface area contributed by atoms with Crippen LogP contribution in [0.25, 0.3) is 32.6 Å². The number of nitriles is 2. The lowest BCUT2D eigenvalue weighted by molar-refractivity contribution is 0.0282. The predicted molar refractivity (Wildman–Crippen MR) is 276 cm³/mol. The Morgan fingerprint density at radius 2 is 1.04 bits per heavy atom. The summed E-state index contributed by atoms with van der Waals surface area (Å²) in [7, 11) is 0. The van der Waals surface area contributed by atoms with E-state index >= 15 is 0 Å². The van der Waals surface area contributed by atoms with Crippen molar-refractivity contribution >= 4 is 68.8 Å². The number of nitrogens with zero attached hydrogens (tertiary/aromatic N) is 8. The maximum Gasteiger partial charge on any atom is 0.338 e. The lowest BCUT2D eigenvalue weighted by Gasteiger charge is -2.24. The van der Waals surface area contributed by atoms with Gasteiger partial charge in [0.15, 0.2) is 0 Å². The highest BCUT2D eigenvalue weighted by molar-refractivity contribution is 6.67. The third kappa shape index (κ3) is 13.7. The van der Waals surface area contributed by atoms with Gasteiger partial charge in [0.05, 0.1) is 58.1 Å². The molecule has 0 saturated carbocycles. The number of anilines is 2. The normalized spacial score (nSPS) is 11.9. The average molecular weight is 1030 g/mol. The number of halogens is 3. The van der Waals surface area contributed by atoms with Gasteiger partial charge in [-0.3, -0.25) is 4.79 Å². The van der Waals surface area contributed by atoms with Gasteiger partial charge in [-0.1, -0.05) is 83.9 Å². The number of aromatic nitrogens is 4. The lowest BCUT2D eigenvalue weighted by atomic mass is 10.1. The van der Waals surface area contributed by atoms with Crippen molar-refractivity contribution in [2.75, 3.05) is 10.6 Å². The third-order valence-corrected chi connectivity index (χ3v) is 12.0. The minimum Gasteiger partial charge on any atom is -0.456 e. The summed E-state index contributed by atoms with van der Waals surface area (Å²) in [6, 6.07) is 40.3. The van der Waals surface area contributed by atoms with Crippen molar-refractivity contribution in [3.63, 3.8) is 0 Å². The van der Waals surface area contributed by atoms with Crippen LogP contribution in [0, 0.1) is 49.7 Å². The van der Waals surface area contributed by atoms with Crippen molar-refractivity contribution in [2.24, 2.45) is 0 Å². The van der Waals surface area contributed by atoms with Gasteiger partial charge >= 0.3 is 5.97 Å². The summed E-state index contributed by atoms with van der Waals surface area (Å²) < 4.78 is 17.4. The van der Waals surface area contributed by atoms with E-state index in [1.807, 2.05) is 12.1 Å². The van der Waals surface area contributed by atoms with Gasteiger partial charge in [0.2, 0.25) is 34.9 Å². The second kappa shape index (κ2) is 25.3. The Morgan fingerprint density at radius 3 is 1.42 bits per heavy atom. The van der Waals surface area contributed by atoms with Crippen molar-refractivity contribution in [1.29, 1.82) is 10.5 Å². The number of aliphatic hydroxyl groups excluding tert-OH is 1. The van der Waals surface area contributed by atoms with Crippen molar-refractivity contribution in [3.05, 3.63) is 212 Å². The summed E-state index contributed by atoms with van der Waals surface area (Å²) in [6.45, 7) is 21.3. The van der Waals surface area contributed by atoms with E-state index in [-0.39, 0.29) is 23.6 Å². The van der Waals surface area contributed by atoms with E-state index < -0.39 is 35.5 Å². The molecule has 0 bridgehead atoms. The zero-order valence-corrected chi connectivity index (χ0v) is 41.5. The van der Waals surface area contributed by atoms with E-state index in [0.717, 1.165) is 0 Å². The van der Waals surface area contributed by atoms with E-state index in [9.17, 15) is 14.7 Å². The van der Waals surface area contributed by atoms with Gasteiger partial charge in [0.25, 0.3) is 5.24 Å². The molecule has 3 N–H and O–H groups in total. The number of carbonyl (C=O) groups is 2.